The van der Waals surface area contributed by atoms with Crippen LogP contribution in [0.3, 0.4) is 0 Å². The van der Waals surface area contributed by atoms with Crippen LogP contribution in [0.5, 0.6) is 0 Å². The summed E-state index contributed by atoms with van der Waals surface area (Å²) in [5.41, 5.74) is 1.70. The van der Waals surface area contributed by atoms with Crippen molar-refractivity contribution >= 4 is 28.2 Å². The molecule has 1 N–H and O–H groups in total. The van der Waals surface area contributed by atoms with E-state index in [1.807, 2.05) is 0 Å². The molecule has 0 saturated heterocycles. The Morgan fingerprint density at radius 1 is 1.45 bits per heavy atom. The molecule has 0 radical (unpaired) electrons. The SMILES string of the molecule is CCOC(=O)c1c(NC(=O)c2cc(C)on2)sc2c1CCC2. The lowest BCUT2D eigenvalue weighted by Gasteiger charge is -2.06. The Hall–Kier alpha value is -2.15. The maximum absolute atomic E-state index is 12.2. The van der Waals surface area contributed by atoms with Gasteiger partial charge in [-0.15, -0.1) is 11.3 Å². The third-order valence-electron chi connectivity index (χ3n) is 3.49. The van der Waals surface area contributed by atoms with Crippen LogP contribution in [0, 0.1) is 6.92 Å². The molecule has 116 valence electrons. The molecular weight excluding hydrogens is 304 g/mol. The van der Waals surface area contributed by atoms with Crippen molar-refractivity contribution in [3.63, 3.8) is 0 Å². The van der Waals surface area contributed by atoms with Crippen LogP contribution >= 0.6 is 11.3 Å². The zero-order valence-corrected chi connectivity index (χ0v) is 13.2. The highest BCUT2D eigenvalue weighted by Gasteiger charge is 2.28. The number of carbonyl (C=O) groups excluding carboxylic acids is 2. The van der Waals surface area contributed by atoms with Crippen molar-refractivity contribution in [2.75, 3.05) is 11.9 Å². The van der Waals surface area contributed by atoms with Gasteiger partial charge in [-0.25, -0.2) is 4.79 Å². The van der Waals surface area contributed by atoms with E-state index < -0.39 is 0 Å². The summed E-state index contributed by atoms with van der Waals surface area (Å²) in [7, 11) is 0. The second-order valence-corrected chi connectivity index (χ2v) is 6.16. The van der Waals surface area contributed by atoms with Crippen molar-refractivity contribution in [3.05, 3.63) is 33.5 Å². The first-order valence-electron chi connectivity index (χ1n) is 7.16. The average Bonchev–Trinajstić information content (AvgIpc) is 3.14. The molecule has 0 fully saturated rings. The number of anilines is 1. The van der Waals surface area contributed by atoms with Crippen molar-refractivity contribution in [2.45, 2.75) is 33.1 Å². The molecule has 0 aliphatic heterocycles. The minimum absolute atomic E-state index is 0.195. The van der Waals surface area contributed by atoms with E-state index in [1.165, 1.54) is 11.3 Å². The molecule has 0 unspecified atom stereocenters. The van der Waals surface area contributed by atoms with Crippen LogP contribution in [0.25, 0.3) is 0 Å². The fraction of sp³-hybridized carbons (Fsp3) is 0.400. The predicted molar refractivity (Wildman–Crippen MR) is 81.5 cm³/mol. The molecule has 3 rings (SSSR count). The standard InChI is InChI=1S/C15H16N2O4S/c1-3-20-15(19)12-9-5-4-6-11(9)22-14(12)16-13(18)10-7-8(2)21-17-10/h7H,3-6H2,1-2H3,(H,16,18). The van der Waals surface area contributed by atoms with Gasteiger partial charge in [0.15, 0.2) is 5.69 Å². The third-order valence-corrected chi connectivity index (χ3v) is 4.70. The first kappa shape index (κ1) is 14.8. The van der Waals surface area contributed by atoms with E-state index in [2.05, 4.69) is 10.5 Å². The van der Waals surface area contributed by atoms with Crippen LogP contribution in [-0.4, -0.2) is 23.6 Å². The molecule has 6 nitrogen and oxygen atoms in total. The molecule has 0 spiro atoms. The summed E-state index contributed by atoms with van der Waals surface area (Å²) >= 11 is 1.44. The summed E-state index contributed by atoms with van der Waals surface area (Å²) < 4.78 is 10.0. The van der Waals surface area contributed by atoms with Gasteiger partial charge in [0.2, 0.25) is 0 Å². The van der Waals surface area contributed by atoms with Crippen LogP contribution in [0.1, 0.15) is 50.4 Å². The van der Waals surface area contributed by atoms with Crippen molar-refractivity contribution in [1.82, 2.24) is 5.16 Å². The lowest BCUT2D eigenvalue weighted by Crippen LogP contribution is -2.15. The average molecular weight is 320 g/mol. The highest BCUT2D eigenvalue weighted by Crippen LogP contribution is 2.39. The van der Waals surface area contributed by atoms with E-state index in [0.29, 0.717) is 22.9 Å². The number of nitrogens with one attached hydrogen (secondary N) is 1. The highest BCUT2D eigenvalue weighted by molar-refractivity contribution is 7.17. The molecular formula is C15H16N2O4S. The van der Waals surface area contributed by atoms with E-state index in [-0.39, 0.29) is 17.6 Å². The quantitative estimate of drug-likeness (QED) is 0.876. The number of aryl methyl sites for hydroxylation is 2. The van der Waals surface area contributed by atoms with Gasteiger partial charge >= 0.3 is 5.97 Å². The van der Waals surface area contributed by atoms with Gasteiger partial charge < -0.3 is 14.6 Å². The molecule has 7 heteroatoms. The Kier molecular flexibility index (Phi) is 3.98. The van der Waals surface area contributed by atoms with Crippen LogP contribution in [0.4, 0.5) is 5.00 Å². The molecule has 0 saturated carbocycles. The summed E-state index contributed by atoms with van der Waals surface area (Å²) in [5.74, 6) is -0.208. The maximum Gasteiger partial charge on any atom is 0.341 e. The summed E-state index contributed by atoms with van der Waals surface area (Å²) in [6.45, 7) is 3.79. The Balaban J connectivity index is 1.90. The summed E-state index contributed by atoms with van der Waals surface area (Å²) in [6, 6.07) is 1.56. The third kappa shape index (κ3) is 2.64. The smallest absolute Gasteiger partial charge is 0.341 e. The number of carbonyl (C=O) groups is 2. The minimum atomic E-state index is -0.387. The zero-order chi connectivity index (χ0) is 15.7. The Bertz CT molecular complexity index is 732. The molecule has 1 aliphatic rings. The second kappa shape index (κ2) is 5.92. The number of thiophene rings is 1. The molecule has 0 atom stereocenters. The molecule has 2 aromatic heterocycles. The van der Waals surface area contributed by atoms with Crippen molar-refractivity contribution in [1.29, 1.82) is 0 Å². The van der Waals surface area contributed by atoms with E-state index in [1.54, 1.807) is 19.9 Å². The van der Waals surface area contributed by atoms with Gasteiger partial charge in [0.25, 0.3) is 5.91 Å². The normalized spacial score (nSPS) is 13.0. The summed E-state index contributed by atoms with van der Waals surface area (Å²) in [5, 5.41) is 6.99. The molecule has 1 aliphatic carbocycles. The number of hydrogen-bond acceptors (Lipinski definition) is 6. The number of fused-ring (bicyclic) bond motifs is 1. The molecule has 22 heavy (non-hydrogen) atoms. The number of hydrogen-bond donors (Lipinski definition) is 1. The van der Waals surface area contributed by atoms with Gasteiger partial charge in [-0.05, 0) is 38.7 Å². The number of rotatable bonds is 4. The second-order valence-electron chi connectivity index (χ2n) is 5.06. The lowest BCUT2D eigenvalue weighted by molar-refractivity contribution is 0.0527. The topological polar surface area (TPSA) is 81.4 Å². The largest absolute Gasteiger partial charge is 0.462 e. The molecule has 2 aromatic rings. The minimum Gasteiger partial charge on any atom is -0.462 e. The maximum atomic E-state index is 12.2. The zero-order valence-electron chi connectivity index (χ0n) is 12.4. The van der Waals surface area contributed by atoms with Gasteiger partial charge in [-0.3, -0.25) is 4.79 Å². The number of amides is 1. The van der Waals surface area contributed by atoms with E-state index in [9.17, 15) is 9.59 Å². The Morgan fingerprint density at radius 2 is 2.27 bits per heavy atom. The number of aromatic nitrogens is 1. The van der Waals surface area contributed by atoms with E-state index in [0.717, 1.165) is 29.7 Å². The first-order chi connectivity index (χ1) is 10.6. The van der Waals surface area contributed by atoms with Gasteiger partial charge in [0, 0.05) is 10.9 Å². The Labute approximate surface area is 131 Å². The lowest BCUT2D eigenvalue weighted by atomic mass is 10.1. The van der Waals surface area contributed by atoms with Gasteiger partial charge in [0.1, 0.15) is 10.8 Å². The molecule has 2 heterocycles. The molecule has 1 amide bonds. The molecule has 0 bridgehead atoms. The van der Waals surface area contributed by atoms with Gasteiger partial charge in [-0.1, -0.05) is 5.16 Å². The fourth-order valence-corrected chi connectivity index (χ4v) is 3.82. The van der Waals surface area contributed by atoms with Crippen LogP contribution in [0.15, 0.2) is 10.6 Å². The molecule has 0 aromatic carbocycles. The first-order valence-corrected chi connectivity index (χ1v) is 7.98. The van der Waals surface area contributed by atoms with Crippen LogP contribution < -0.4 is 5.32 Å². The number of esters is 1. The summed E-state index contributed by atoms with van der Waals surface area (Å²) in [4.78, 5) is 25.6. The number of ether oxygens (including phenoxy) is 1. The predicted octanol–water partition coefficient (Wildman–Crippen LogP) is 2.96. The van der Waals surface area contributed by atoms with Gasteiger partial charge in [-0.2, -0.15) is 0 Å². The monoisotopic (exact) mass is 320 g/mol. The van der Waals surface area contributed by atoms with Crippen LogP contribution in [-0.2, 0) is 17.6 Å². The van der Waals surface area contributed by atoms with Crippen molar-refractivity contribution in [2.24, 2.45) is 0 Å². The van der Waals surface area contributed by atoms with Crippen molar-refractivity contribution in [3.8, 4) is 0 Å². The van der Waals surface area contributed by atoms with E-state index in [4.69, 9.17) is 9.26 Å². The summed E-state index contributed by atoms with van der Waals surface area (Å²) in [6.07, 6.45) is 2.81. The van der Waals surface area contributed by atoms with Gasteiger partial charge in [0.05, 0.1) is 12.2 Å². The fourth-order valence-electron chi connectivity index (χ4n) is 2.55. The Morgan fingerprint density at radius 3 is 2.95 bits per heavy atom. The van der Waals surface area contributed by atoms with Crippen molar-refractivity contribution < 1.29 is 18.8 Å². The number of nitrogens with zero attached hydrogens (tertiary/aromatic N) is 1. The van der Waals surface area contributed by atoms with E-state index >= 15 is 0 Å². The van der Waals surface area contributed by atoms with Crippen LogP contribution in [0.2, 0.25) is 0 Å². The highest BCUT2D eigenvalue weighted by atomic mass is 32.1.